The number of carbonyl (C=O) groups excluding carboxylic acids is 1. The molecule has 0 fully saturated rings. The number of rotatable bonds is 13. The number of aliphatic carboxylic acids is 1. The van der Waals surface area contributed by atoms with E-state index in [2.05, 4.69) is 15.4 Å². The summed E-state index contributed by atoms with van der Waals surface area (Å²) in [5.74, 6) is -2.04. The van der Waals surface area contributed by atoms with Gasteiger partial charge in [0.1, 0.15) is 23.0 Å². The van der Waals surface area contributed by atoms with E-state index in [9.17, 15) is 27.9 Å². The highest BCUT2D eigenvalue weighted by Gasteiger charge is 2.34. The number of nitrogens with zero attached hydrogens (tertiary/aromatic N) is 1. The number of pyridine rings is 1. The van der Waals surface area contributed by atoms with Crippen LogP contribution in [0.3, 0.4) is 0 Å². The van der Waals surface area contributed by atoms with Crippen molar-refractivity contribution in [3.63, 3.8) is 0 Å². The molecule has 53 heavy (non-hydrogen) atoms. The molecule has 0 bridgehead atoms. The van der Waals surface area contributed by atoms with E-state index in [1.54, 1.807) is 26.1 Å². The molecule has 2 heterocycles. The van der Waals surface area contributed by atoms with Gasteiger partial charge in [-0.25, -0.2) is 17.9 Å². The van der Waals surface area contributed by atoms with Gasteiger partial charge in [-0.2, -0.15) is 0 Å². The summed E-state index contributed by atoms with van der Waals surface area (Å²) >= 11 is 0. The second-order valence-electron chi connectivity index (χ2n) is 14.0. The number of hydrogen-bond acceptors (Lipinski definition) is 7. The Labute approximate surface area is 310 Å². The first-order valence-electron chi connectivity index (χ1n) is 17.6. The molecule has 0 radical (unpaired) electrons. The van der Waals surface area contributed by atoms with Gasteiger partial charge in [-0.3, -0.25) is 15.0 Å². The van der Waals surface area contributed by atoms with Crippen LogP contribution in [-0.4, -0.2) is 54.1 Å². The molecule has 0 unspecified atom stereocenters. The van der Waals surface area contributed by atoms with Crippen LogP contribution in [0.1, 0.15) is 82.8 Å². The smallest absolute Gasteiger partial charge is 0.326 e. The van der Waals surface area contributed by atoms with Gasteiger partial charge in [0, 0.05) is 25.2 Å². The van der Waals surface area contributed by atoms with Crippen molar-refractivity contribution < 1.29 is 27.9 Å². The van der Waals surface area contributed by atoms with Gasteiger partial charge in [-0.1, -0.05) is 60.7 Å². The highest BCUT2D eigenvalue weighted by Crippen LogP contribution is 2.42. The van der Waals surface area contributed by atoms with Crippen LogP contribution in [0.5, 0.6) is 5.75 Å². The number of nitrogens with one attached hydrogen (secondary N) is 4. The Kier molecular flexibility index (Phi) is 11.8. The SMILES string of the molecule is Cc1c(C)c(S(=O)(=O)NC(=N)NCCC[C@H](NC(=O)c2cccn(CC(c3ccccc3)c3ccccc3)c2=O)C(=O)O)c(C)c2c1OC(C)(C)CC2. The first-order chi connectivity index (χ1) is 25.1. The van der Waals surface area contributed by atoms with Crippen LogP contribution >= 0.6 is 0 Å². The Morgan fingerprint density at radius 1 is 0.943 bits per heavy atom. The Balaban J connectivity index is 1.20. The molecular formula is C40H47N5O7S. The normalized spacial score (nSPS) is 14.1. The Hall–Kier alpha value is -5.43. The molecule has 1 aromatic heterocycles. The number of sulfonamides is 1. The van der Waals surface area contributed by atoms with E-state index in [0.717, 1.165) is 28.7 Å². The minimum atomic E-state index is -4.14. The molecule has 5 rings (SSSR count). The van der Waals surface area contributed by atoms with Gasteiger partial charge in [0.25, 0.3) is 21.5 Å². The molecule has 3 aromatic carbocycles. The third kappa shape index (κ3) is 8.97. The van der Waals surface area contributed by atoms with Crippen LogP contribution in [0.4, 0.5) is 0 Å². The number of carboxylic acids is 1. The van der Waals surface area contributed by atoms with Crippen LogP contribution in [0.25, 0.3) is 0 Å². The third-order valence-corrected chi connectivity index (χ3v) is 11.4. The molecule has 0 saturated heterocycles. The summed E-state index contributed by atoms with van der Waals surface area (Å²) in [6.07, 6.45) is 3.13. The average molecular weight is 742 g/mol. The van der Waals surface area contributed by atoms with E-state index in [1.165, 1.54) is 10.6 Å². The van der Waals surface area contributed by atoms with Gasteiger partial charge in [0.15, 0.2) is 0 Å². The molecule has 5 N–H and O–H groups in total. The molecule has 0 saturated carbocycles. The molecular weight excluding hydrogens is 695 g/mol. The molecule has 1 aliphatic heterocycles. The number of ether oxygens (including phenoxy) is 1. The van der Waals surface area contributed by atoms with Crippen molar-refractivity contribution in [1.29, 1.82) is 5.41 Å². The molecule has 1 aliphatic rings. The molecule has 12 nitrogen and oxygen atoms in total. The van der Waals surface area contributed by atoms with Crippen molar-refractivity contribution >= 4 is 27.9 Å². The van der Waals surface area contributed by atoms with Crippen molar-refractivity contribution in [2.75, 3.05) is 6.54 Å². The fourth-order valence-electron chi connectivity index (χ4n) is 6.81. The van der Waals surface area contributed by atoms with Crippen molar-refractivity contribution in [2.45, 2.75) is 89.3 Å². The van der Waals surface area contributed by atoms with Crippen molar-refractivity contribution in [2.24, 2.45) is 0 Å². The molecule has 13 heteroatoms. The molecule has 0 aliphatic carbocycles. The van der Waals surface area contributed by atoms with Crippen molar-refractivity contribution in [3.05, 3.63) is 128 Å². The Bertz CT molecular complexity index is 2130. The largest absolute Gasteiger partial charge is 0.487 e. The second kappa shape index (κ2) is 16.1. The zero-order valence-corrected chi connectivity index (χ0v) is 31.5. The highest BCUT2D eigenvalue weighted by molar-refractivity contribution is 7.90. The molecule has 4 aromatic rings. The van der Waals surface area contributed by atoms with Crippen LogP contribution < -0.4 is 25.7 Å². The quantitative estimate of drug-likeness (QED) is 0.0707. The first-order valence-corrected chi connectivity index (χ1v) is 19.1. The van der Waals surface area contributed by atoms with E-state index in [-0.39, 0.29) is 47.9 Å². The number of amides is 1. The first kappa shape index (κ1) is 38.8. The van der Waals surface area contributed by atoms with E-state index >= 15 is 0 Å². The summed E-state index contributed by atoms with van der Waals surface area (Å²) in [6.45, 7) is 9.60. The second-order valence-corrected chi connectivity index (χ2v) is 15.7. The highest BCUT2D eigenvalue weighted by atomic mass is 32.2. The number of hydrogen-bond donors (Lipinski definition) is 5. The van der Waals surface area contributed by atoms with Gasteiger partial charge >= 0.3 is 5.97 Å². The minimum absolute atomic E-state index is 0.0439. The predicted octanol–water partition coefficient (Wildman–Crippen LogP) is 5.18. The Morgan fingerprint density at radius 3 is 2.17 bits per heavy atom. The van der Waals surface area contributed by atoms with Crippen LogP contribution in [0.2, 0.25) is 0 Å². The average Bonchev–Trinajstić information content (AvgIpc) is 3.11. The number of carbonyl (C=O) groups is 2. The monoisotopic (exact) mass is 741 g/mol. The fourth-order valence-corrected chi connectivity index (χ4v) is 8.34. The summed E-state index contributed by atoms with van der Waals surface area (Å²) in [5.41, 5.74) is 3.59. The predicted molar refractivity (Wildman–Crippen MR) is 203 cm³/mol. The van der Waals surface area contributed by atoms with Crippen LogP contribution in [0.15, 0.2) is 88.7 Å². The summed E-state index contributed by atoms with van der Waals surface area (Å²) in [4.78, 5) is 39.0. The maximum Gasteiger partial charge on any atom is 0.326 e. The van der Waals surface area contributed by atoms with Crippen LogP contribution in [-0.2, 0) is 27.8 Å². The lowest BCUT2D eigenvalue weighted by Crippen LogP contribution is -2.44. The summed E-state index contributed by atoms with van der Waals surface area (Å²) in [7, 11) is -4.14. The third-order valence-electron chi connectivity index (χ3n) is 9.79. The van der Waals surface area contributed by atoms with Crippen molar-refractivity contribution in [1.82, 2.24) is 19.9 Å². The summed E-state index contributed by atoms with van der Waals surface area (Å²) in [6, 6.07) is 21.1. The fraction of sp³-hybridized carbons (Fsp3) is 0.350. The number of aromatic nitrogens is 1. The summed E-state index contributed by atoms with van der Waals surface area (Å²) < 4.78 is 37.0. The maximum absolute atomic E-state index is 13.5. The maximum atomic E-state index is 13.5. The van der Waals surface area contributed by atoms with E-state index in [1.807, 2.05) is 81.4 Å². The lowest BCUT2D eigenvalue weighted by atomic mass is 9.88. The van der Waals surface area contributed by atoms with Gasteiger partial charge in [0.2, 0.25) is 5.96 Å². The zero-order chi connectivity index (χ0) is 38.5. The summed E-state index contributed by atoms with van der Waals surface area (Å²) in [5, 5.41) is 23.3. The van der Waals surface area contributed by atoms with E-state index in [0.29, 0.717) is 23.3 Å². The number of fused-ring (bicyclic) bond motifs is 1. The number of carboxylic acid groups (broad SMARTS) is 1. The van der Waals surface area contributed by atoms with Gasteiger partial charge in [0.05, 0.1) is 4.90 Å². The molecule has 1 amide bonds. The van der Waals surface area contributed by atoms with Gasteiger partial charge < -0.3 is 25.0 Å². The number of guanidine groups is 1. The van der Waals surface area contributed by atoms with Gasteiger partial charge in [-0.05, 0) is 106 Å². The number of benzene rings is 3. The lowest BCUT2D eigenvalue weighted by Gasteiger charge is -2.35. The Morgan fingerprint density at radius 2 is 1.57 bits per heavy atom. The topological polar surface area (TPSA) is 180 Å². The van der Waals surface area contributed by atoms with Gasteiger partial charge in [-0.15, -0.1) is 0 Å². The zero-order valence-electron chi connectivity index (χ0n) is 30.7. The molecule has 1 atom stereocenters. The van der Waals surface area contributed by atoms with E-state index in [4.69, 9.17) is 10.1 Å². The standard InChI is InChI=1S/C40H47N5O7S/c1-25-26(2)35(27(3)30-20-21-40(4,5)52-34(25)30)53(50,51)44-39(41)42-22-12-19-33(38(48)49)43-36(46)31-18-13-23-45(37(31)47)24-32(28-14-8-6-9-15-28)29-16-10-7-11-17-29/h6-11,13-18,23,32-33H,12,19-22,24H2,1-5H3,(H,43,46)(H,48,49)(H3,41,42,44)/t33-/m0/s1. The van der Waals surface area contributed by atoms with Crippen LogP contribution in [0, 0.1) is 26.2 Å². The van der Waals surface area contributed by atoms with Crippen molar-refractivity contribution in [3.8, 4) is 5.75 Å². The van der Waals surface area contributed by atoms with E-state index < -0.39 is 39.5 Å². The lowest BCUT2D eigenvalue weighted by molar-refractivity contribution is -0.139. The molecule has 280 valence electrons. The minimum Gasteiger partial charge on any atom is -0.487 e. The molecule has 0 spiro atoms.